The van der Waals surface area contributed by atoms with E-state index in [1.165, 1.54) is 23.5 Å². The number of benzene rings is 1. The first-order valence-corrected chi connectivity index (χ1v) is 7.29. The second-order valence-electron chi connectivity index (χ2n) is 4.53. The van der Waals surface area contributed by atoms with Crippen LogP contribution in [0.25, 0.3) is 22.9 Å². The number of rotatable bonds is 3. The number of nitrogens with one attached hydrogen (secondary N) is 1. The highest BCUT2D eigenvalue weighted by Crippen LogP contribution is 2.34. The van der Waals surface area contributed by atoms with E-state index in [2.05, 4.69) is 16.0 Å². The van der Waals surface area contributed by atoms with Crippen molar-refractivity contribution >= 4 is 23.0 Å². The first-order valence-electron chi connectivity index (χ1n) is 6.41. The molecule has 0 aliphatic rings. The molecule has 22 heavy (non-hydrogen) atoms. The quantitative estimate of drug-likeness (QED) is 0.644. The van der Waals surface area contributed by atoms with Gasteiger partial charge in [0.15, 0.2) is 0 Å². The summed E-state index contributed by atoms with van der Waals surface area (Å²) in [6.45, 7) is 0. The fraction of sp³-hybridized carbons (Fsp3) is 0. The molecule has 1 aromatic carbocycles. The topological polar surface area (TPSA) is 92.9 Å². The molecule has 0 spiro atoms. The van der Waals surface area contributed by atoms with E-state index in [1.54, 1.807) is 23.7 Å². The molecule has 0 aliphatic heterocycles. The first kappa shape index (κ1) is 13.9. The SMILES string of the molecule is N#C/C(=C\c1ccc[nH]1)c1nc(-c2ccc(O)cc2O)cs1. The molecule has 0 amide bonds. The van der Waals surface area contributed by atoms with Gasteiger partial charge in [-0.2, -0.15) is 5.26 Å². The lowest BCUT2D eigenvalue weighted by atomic mass is 10.1. The van der Waals surface area contributed by atoms with Crippen molar-refractivity contribution in [2.45, 2.75) is 0 Å². The van der Waals surface area contributed by atoms with Crippen molar-refractivity contribution in [3.05, 3.63) is 52.6 Å². The molecule has 6 heteroatoms. The van der Waals surface area contributed by atoms with E-state index in [4.69, 9.17) is 0 Å². The highest BCUT2D eigenvalue weighted by atomic mass is 32.1. The summed E-state index contributed by atoms with van der Waals surface area (Å²) >= 11 is 1.32. The van der Waals surface area contributed by atoms with Crippen LogP contribution in [0.2, 0.25) is 0 Å². The molecule has 5 nitrogen and oxygen atoms in total. The van der Waals surface area contributed by atoms with E-state index in [-0.39, 0.29) is 11.5 Å². The fourth-order valence-corrected chi connectivity index (χ4v) is 2.77. The minimum absolute atomic E-state index is 0.0129. The number of thiazole rings is 1. The predicted molar refractivity (Wildman–Crippen MR) is 85.2 cm³/mol. The Morgan fingerprint density at radius 2 is 2.18 bits per heavy atom. The van der Waals surface area contributed by atoms with Gasteiger partial charge in [-0.05, 0) is 30.3 Å². The van der Waals surface area contributed by atoms with Crippen LogP contribution in [-0.4, -0.2) is 20.2 Å². The lowest BCUT2D eigenvalue weighted by Gasteiger charge is -2.01. The van der Waals surface area contributed by atoms with E-state index in [0.717, 1.165) is 5.69 Å². The molecule has 0 saturated carbocycles. The van der Waals surface area contributed by atoms with E-state index in [0.29, 0.717) is 21.8 Å². The van der Waals surface area contributed by atoms with Crippen LogP contribution in [0.3, 0.4) is 0 Å². The Bertz CT molecular complexity index is 873. The van der Waals surface area contributed by atoms with Crippen LogP contribution in [0.4, 0.5) is 0 Å². The zero-order chi connectivity index (χ0) is 15.5. The molecule has 0 bridgehead atoms. The number of nitriles is 1. The Labute approximate surface area is 130 Å². The van der Waals surface area contributed by atoms with Crippen LogP contribution in [0, 0.1) is 11.3 Å². The van der Waals surface area contributed by atoms with Gasteiger partial charge in [-0.1, -0.05) is 0 Å². The number of hydrogen-bond acceptors (Lipinski definition) is 5. The van der Waals surface area contributed by atoms with Gasteiger partial charge in [0.25, 0.3) is 0 Å². The summed E-state index contributed by atoms with van der Waals surface area (Å²) in [5, 5.41) is 30.8. The van der Waals surface area contributed by atoms with Crippen molar-refractivity contribution in [3.8, 4) is 28.8 Å². The first-order chi connectivity index (χ1) is 10.7. The largest absolute Gasteiger partial charge is 0.508 e. The van der Waals surface area contributed by atoms with Crippen molar-refractivity contribution in [2.24, 2.45) is 0 Å². The Kier molecular flexibility index (Phi) is 3.64. The summed E-state index contributed by atoms with van der Waals surface area (Å²) in [7, 11) is 0. The minimum atomic E-state index is -0.0521. The second-order valence-corrected chi connectivity index (χ2v) is 5.39. The van der Waals surface area contributed by atoms with E-state index in [1.807, 2.05) is 12.1 Å². The molecule has 0 unspecified atom stereocenters. The molecule has 2 aromatic heterocycles. The van der Waals surface area contributed by atoms with Gasteiger partial charge in [0.05, 0.1) is 11.3 Å². The highest BCUT2D eigenvalue weighted by molar-refractivity contribution is 7.11. The number of H-pyrrole nitrogens is 1. The number of allylic oxidation sites excluding steroid dienone is 1. The summed E-state index contributed by atoms with van der Waals surface area (Å²) in [5.41, 5.74) is 2.33. The summed E-state index contributed by atoms with van der Waals surface area (Å²) in [4.78, 5) is 7.40. The van der Waals surface area contributed by atoms with Gasteiger partial charge in [-0.15, -0.1) is 11.3 Å². The van der Waals surface area contributed by atoms with Crippen molar-refractivity contribution in [3.63, 3.8) is 0 Å². The van der Waals surface area contributed by atoms with E-state index < -0.39 is 0 Å². The molecule has 2 heterocycles. The monoisotopic (exact) mass is 309 g/mol. The second kappa shape index (κ2) is 5.76. The summed E-state index contributed by atoms with van der Waals surface area (Å²) in [6, 6.07) is 10.2. The number of aromatic amines is 1. The van der Waals surface area contributed by atoms with Crippen LogP contribution < -0.4 is 0 Å². The molecule has 108 valence electrons. The zero-order valence-corrected chi connectivity index (χ0v) is 12.1. The van der Waals surface area contributed by atoms with Gasteiger partial charge in [0.1, 0.15) is 22.6 Å². The smallest absolute Gasteiger partial charge is 0.134 e. The van der Waals surface area contributed by atoms with Crippen LogP contribution in [0.15, 0.2) is 41.9 Å². The maximum atomic E-state index is 9.88. The van der Waals surface area contributed by atoms with Crippen molar-refractivity contribution in [1.82, 2.24) is 9.97 Å². The molecule has 0 saturated heterocycles. The Balaban J connectivity index is 1.98. The molecule has 3 rings (SSSR count). The van der Waals surface area contributed by atoms with E-state index in [9.17, 15) is 15.5 Å². The molecule has 3 N–H and O–H groups in total. The molecule has 0 atom stereocenters. The van der Waals surface area contributed by atoms with Crippen LogP contribution in [0.1, 0.15) is 10.7 Å². The Morgan fingerprint density at radius 3 is 2.86 bits per heavy atom. The third kappa shape index (κ3) is 2.71. The van der Waals surface area contributed by atoms with Crippen LogP contribution in [0.5, 0.6) is 11.5 Å². The zero-order valence-electron chi connectivity index (χ0n) is 11.3. The maximum absolute atomic E-state index is 9.88. The lowest BCUT2D eigenvalue weighted by molar-refractivity contribution is 0.452. The molecular weight excluding hydrogens is 298 g/mol. The Hall–Kier alpha value is -3.04. The molecular formula is C16H11N3O2S. The normalized spacial score (nSPS) is 11.3. The molecule has 3 aromatic rings. The van der Waals surface area contributed by atoms with Gasteiger partial charge in [-0.25, -0.2) is 4.98 Å². The number of phenolic OH excluding ortho intramolecular Hbond substituents is 2. The Morgan fingerprint density at radius 1 is 1.32 bits per heavy atom. The van der Waals surface area contributed by atoms with Gasteiger partial charge < -0.3 is 15.2 Å². The lowest BCUT2D eigenvalue weighted by Crippen LogP contribution is -1.83. The minimum Gasteiger partial charge on any atom is -0.508 e. The summed E-state index contributed by atoms with van der Waals surface area (Å²) in [6.07, 6.45) is 3.50. The predicted octanol–water partition coefficient (Wildman–Crippen LogP) is 3.61. The highest BCUT2D eigenvalue weighted by Gasteiger charge is 2.12. The van der Waals surface area contributed by atoms with Crippen LogP contribution in [-0.2, 0) is 0 Å². The molecule has 0 aliphatic carbocycles. The number of hydrogen-bond donors (Lipinski definition) is 3. The maximum Gasteiger partial charge on any atom is 0.134 e. The van der Waals surface area contributed by atoms with Crippen LogP contribution >= 0.6 is 11.3 Å². The summed E-state index contributed by atoms with van der Waals surface area (Å²) in [5.74, 6) is -0.0650. The fourth-order valence-electron chi connectivity index (χ4n) is 1.99. The number of aromatic hydroxyl groups is 2. The third-order valence-corrected chi connectivity index (χ3v) is 3.91. The average Bonchev–Trinajstić information content (AvgIpc) is 3.16. The summed E-state index contributed by atoms with van der Waals surface area (Å²) < 4.78 is 0. The number of aromatic nitrogens is 2. The molecule has 0 fully saturated rings. The molecule has 0 radical (unpaired) electrons. The average molecular weight is 309 g/mol. The van der Waals surface area contributed by atoms with Crippen molar-refractivity contribution < 1.29 is 10.2 Å². The number of phenols is 2. The number of nitrogens with zero attached hydrogens (tertiary/aromatic N) is 2. The van der Waals surface area contributed by atoms with Gasteiger partial charge in [0, 0.05) is 28.9 Å². The third-order valence-electron chi connectivity index (χ3n) is 3.03. The van der Waals surface area contributed by atoms with Gasteiger partial charge in [-0.3, -0.25) is 0 Å². The van der Waals surface area contributed by atoms with Crippen molar-refractivity contribution in [2.75, 3.05) is 0 Å². The van der Waals surface area contributed by atoms with Crippen molar-refractivity contribution in [1.29, 1.82) is 5.26 Å². The standard InChI is InChI=1S/C16H11N3O2S/c17-8-10(6-11-2-1-5-18-11)16-19-14(9-22-16)13-4-3-12(20)7-15(13)21/h1-7,9,18,20-21H/b10-6+. The van der Waals surface area contributed by atoms with Gasteiger partial charge >= 0.3 is 0 Å². The van der Waals surface area contributed by atoms with Gasteiger partial charge in [0.2, 0.25) is 0 Å². The van der Waals surface area contributed by atoms with E-state index >= 15 is 0 Å².